The van der Waals surface area contributed by atoms with Gasteiger partial charge in [-0.1, -0.05) is 36.4 Å². The molecule has 3 rings (SSSR count). The lowest BCUT2D eigenvalue weighted by Crippen LogP contribution is -2.18. The van der Waals surface area contributed by atoms with E-state index in [-0.39, 0.29) is 5.54 Å². The van der Waals surface area contributed by atoms with Gasteiger partial charge in [0.25, 0.3) is 0 Å². The summed E-state index contributed by atoms with van der Waals surface area (Å²) < 4.78 is 5.45. The van der Waals surface area contributed by atoms with Gasteiger partial charge in [0, 0.05) is 5.54 Å². The predicted molar refractivity (Wildman–Crippen MR) is 78.1 cm³/mol. The minimum absolute atomic E-state index is 0.0443. The van der Waals surface area contributed by atoms with E-state index in [0.29, 0.717) is 6.61 Å². The van der Waals surface area contributed by atoms with E-state index in [4.69, 9.17) is 10.5 Å². The van der Waals surface area contributed by atoms with Gasteiger partial charge < -0.3 is 10.5 Å². The summed E-state index contributed by atoms with van der Waals surface area (Å²) in [6, 6.07) is 16.8. The molecule has 0 aromatic heterocycles. The smallest absolute Gasteiger partial charge is 0.119 e. The van der Waals surface area contributed by atoms with Crippen LogP contribution in [0.5, 0.6) is 5.75 Å². The zero-order valence-corrected chi connectivity index (χ0v) is 11.2. The first kappa shape index (κ1) is 12.2. The molecule has 0 atom stereocenters. The Morgan fingerprint density at radius 3 is 1.95 bits per heavy atom. The molecule has 1 fully saturated rings. The Morgan fingerprint density at radius 1 is 0.947 bits per heavy atom. The van der Waals surface area contributed by atoms with E-state index < -0.39 is 0 Å². The molecule has 2 heteroatoms. The van der Waals surface area contributed by atoms with Crippen molar-refractivity contribution in [2.24, 2.45) is 5.73 Å². The average Bonchev–Trinajstić information content (AvgIpc) is 3.20. The number of hydrogen-bond acceptors (Lipinski definition) is 2. The molecular weight excluding hydrogens is 234 g/mol. The Morgan fingerprint density at radius 2 is 1.47 bits per heavy atom. The molecule has 2 aromatic rings. The van der Waals surface area contributed by atoms with Crippen LogP contribution in [0.4, 0.5) is 0 Å². The number of hydrogen-bond donors (Lipinski definition) is 1. The molecule has 0 aliphatic heterocycles. The van der Waals surface area contributed by atoms with Crippen LogP contribution in [0.2, 0.25) is 0 Å². The molecule has 0 saturated heterocycles. The molecule has 2 nitrogen and oxygen atoms in total. The van der Waals surface area contributed by atoms with E-state index in [1.807, 2.05) is 19.1 Å². The van der Waals surface area contributed by atoms with Gasteiger partial charge in [-0.05, 0) is 48.6 Å². The highest BCUT2D eigenvalue weighted by molar-refractivity contribution is 5.64. The molecule has 0 amide bonds. The van der Waals surface area contributed by atoms with E-state index >= 15 is 0 Å². The normalized spacial score (nSPS) is 16.1. The standard InChI is InChI=1S/C17H19NO/c1-2-19-16-9-5-14(6-10-16)13-3-7-15(8-4-13)17(18)11-12-17/h3-10H,2,11-12,18H2,1H3. The van der Waals surface area contributed by atoms with E-state index in [1.54, 1.807) is 0 Å². The highest BCUT2D eigenvalue weighted by Gasteiger charge is 2.39. The monoisotopic (exact) mass is 253 g/mol. The zero-order chi connectivity index (χ0) is 13.3. The molecule has 0 unspecified atom stereocenters. The molecule has 0 bridgehead atoms. The molecule has 98 valence electrons. The van der Waals surface area contributed by atoms with Crippen molar-refractivity contribution in [3.8, 4) is 16.9 Å². The predicted octanol–water partition coefficient (Wildman–Crippen LogP) is 3.70. The number of ether oxygens (including phenoxy) is 1. The lowest BCUT2D eigenvalue weighted by atomic mass is 10.00. The molecule has 0 heterocycles. The van der Waals surface area contributed by atoms with Crippen LogP contribution in [-0.2, 0) is 5.54 Å². The molecular formula is C17H19NO. The maximum Gasteiger partial charge on any atom is 0.119 e. The third-order valence-corrected chi connectivity index (χ3v) is 3.75. The van der Waals surface area contributed by atoms with Gasteiger partial charge in [-0.25, -0.2) is 0 Å². The van der Waals surface area contributed by atoms with E-state index in [0.717, 1.165) is 18.6 Å². The SMILES string of the molecule is CCOc1ccc(-c2ccc(C3(N)CC3)cc2)cc1. The quantitative estimate of drug-likeness (QED) is 0.901. The fourth-order valence-electron chi connectivity index (χ4n) is 2.33. The fourth-order valence-corrected chi connectivity index (χ4v) is 2.33. The van der Waals surface area contributed by atoms with Crippen molar-refractivity contribution in [1.29, 1.82) is 0 Å². The van der Waals surface area contributed by atoms with Crippen molar-refractivity contribution >= 4 is 0 Å². The van der Waals surface area contributed by atoms with E-state index in [1.165, 1.54) is 16.7 Å². The Labute approximate surface area is 114 Å². The first-order valence-corrected chi connectivity index (χ1v) is 6.84. The topological polar surface area (TPSA) is 35.2 Å². The van der Waals surface area contributed by atoms with Crippen LogP contribution >= 0.6 is 0 Å². The summed E-state index contributed by atoms with van der Waals surface area (Å²) in [7, 11) is 0. The van der Waals surface area contributed by atoms with Crippen molar-refractivity contribution in [1.82, 2.24) is 0 Å². The fraction of sp³-hybridized carbons (Fsp3) is 0.294. The summed E-state index contributed by atoms with van der Waals surface area (Å²) in [6.07, 6.45) is 2.21. The first-order chi connectivity index (χ1) is 9.21. The van der Waals surface area contributed by atoms with Crippen molar-refractivity contribution in [2.45, 2.75) is 25.3 Å². The highest BCUT2D eigenvalue weighted by atomic mass is 16.5. The third-order valence-electron chi connectivity index (χ3n) is 3.75. The summed E-state index contributed by atoms with van der Waals surface area (Å²) in [5.74, 6) is 0.918. The second-order valence-electron chi connectivity index (χ2n) is 5.19. The lowest BCUT2D eigenvalue weighted by Gasteiger charge is -2.10. The Bertz CT molecular complexity index is 553. The Balaban J connectivity index is 1.81. The number of nitrogens with two attached hydrogens (primary N) is 1. The molecule has 1 aliphatic carbocycles. The first-order valence-electron chi connectivity index (χ1n) is 6.84. The highest BCUT2D eigenvalue weighted by Crippen LogP contribution is 2.42. The number of rotatable bonds is 4. The van der Waals surface area contributed by atoms with Gasteiger partial charge in [-0.3, -0.25) is 0 Å². The van der Waals surface area contributed by atoms with Gasteiger partial charge in [0.2, 0.25) is 0 Å². The minimum atomic E-state index is -0.0443. The lowest BCUT2D eigenvalue weighted by molar-refractivity contribution is 0.340. The van der Waals surface area contributed by atoms with Gasteiger partial charge in [0.15, 0.2) is 0 Å². The average molecular weight is 253 g/mol. The second kappa shape index (κ2) is 4.71. The van der Waals surface area contributed by atoms with Crippen LogP contribution in [0.3, 0.4) is 0 Å². The Hall–Kier alpha value is -1.80. The van der Waals surface area contributed by atoms with Crippen LogP contribution in [0.1, 0.15) is 25.3 Å². The summed E-state index contributed by atoms with van der Waals surface area (Å²) in [4.78, 5) is 0. The summed E-state index contributed by atoms with van der Waals surface area (Å²) in [5, 5.41) is 0. The molecule has 1 aliphatic rings. The van der Waals surface area contributed by atoms with Crippen molar-refractivity contribution < 1.29 is 4.74 Å². The summed E-state index contributed by atoms with van der Waals surface area (Å²) in [6.45, 7) is 2.69. The van der Waals surface area contributed by atoms with Crippen LogP contribution in [0, 0.1) is 0 Å². The second-order valence-corrected chi connectivity index (χ2v) is 5.19. The van der Waals surface area contributed by atoms with E-state index in [2.05, 4.69) is 36.4 Å². The van der Waals surface area contributed by atoms with Crippen LogP contribution in [0.25, 0.3) is 11.1 Å². The minimum Gasteiger partial charge on any atom is -0.494 e. The van der Waals surface area contributed by atoms with Gasteiger partial charge in [-0.15, -0.1) is 0 Å². The number of benzene rings is 2. The Kier molecular flexibility index (Phi) is 3.03. The molecule has 2 aromatic carbocycles. The third kappa shape index (κ3) is 2.49. The van der Waals surface area contributed by atoms with Crippen molar-refractivity contribution in [3.63, 3.8) is 0 Å². The van der Waals surface area contributed by atoms with Gasteiger partial charge in [0.1, 0.15) is 5.75 Å². The maximum atomic E-state index is 6.19. The molecule has 0 spiro atoms. The van der Waals surface area contributed by atoms with Crippen LogP contribution in [0.15, 0.2) is 48.5 Å². The summed E-state index contributed by atoms with van der Waals surface area (Å²) in [5.41, 5.74) is 9.83. The largest absolute Gasteiger partial charge is 0.494 e. The van der Waals surface area contributed by atoms with Crippen molar-refractivity contribution in [2.75, 3.05) is 6.61 Å². The van der Waals surface area contributed by atoms with Crippen molar-refractivity contribution in [3.05, 3.63) is 54.1 Å². The summed E-state index contributed by atoms with van der Waals surface area (Å²) >= 11 is 0. The van der Waals surface area contributed by atoms with E-state index in [9.17, 15) is 0 Å². The molecule has 19 heavy (non-hydrogen) atoms. The van der Waals surface area contributed by atoms with Crippen LogP contribution < -0.4 is 10.5 Å². The van der Waals surface area contributed by atoms with Crippen LogP contribution in [-0.4, -0.2) is 6.61 Å². The molecule has 1 saturated carbocycles. The maximum absolute atomic E-state index is 6.19. The zero-order valence-electron chi connectivity index (χ0n) is 11.2. The molecule has 0 radical (unpaired) electrons. The van der Waals surface area contributed by atoms with Gasteiger partial charge in [0.05, 0.1) is 6.61 Å². The van der Waals surface area contributed by atoms with Gasteiger partial charge in [-0.2, -0.15) is 0 Å². The molecule has 2 N–H and O–H groups in total. The van der Waals surface area contributed by atoms with Gasteiger partial charge >= 0.3 is 0 Å².